The van der Waals surface area contributed by atoms with Gasteiger partial charge in [-0.05, 0) is 104 Å². The number of carbonyl (C=O) groups excluding carboxylic acids is 1. The van der Waals surface area contributed by atoms with Gasteiger partial charge in [-0.3, -0.25) is 4.79 Å². The molecule has 1 heterocycles. The van der Waals surface area contributed by atoms with Crippen LogP contribution in [0.1, 0.15) is 55.2 Å². The fraction of sp³-hybridized carbons (Fsp3) is 0.375. The lowest BCUT2D eigenvalue weighted by molar-refractivity contribution is -0.137. The van der Waals surface area contributed by atoms with Gasteiger partial charge in [0.05, 0.1) is 17.2 Å². The summed E-state index contributed by atoms with van der Waals surface area (Å²) in [7, 11) is 0. The monoisotopic (exact) mass is 549 g/mol. The Kier molecular flexibility index (Phi) is 7.95. The summed E-state index contributed by atoms with van der Waals surface area (Å²) in [5, 5.41) is 11.7. The van der Waals surface area contributed by atoms with Gasteiger partial charge in [0, 0.05) is 18.7 Å². The van der Waals surface area contributed by atoms with E-state index in [1.165, 1.54) is 12.8 Å². The lowest BCUT2D eigenvalue weighted by Gasteiger charge is -2.42. The third kappa shape index (κ3) is 6.71. The standard InChI is InChI=1S/C32H31F4N3O/c33-28-17-27(32(34,35)36)18-29(19-28)38-30(40)10-11-31(12-14-39(15-13-31)21-22-4-5-22)26-8-6-24(7-9-26)25-3-1-2-23(16-25)20-37/h1-3,6-9,16-19,22H,4-5,10-15,21H2,(H,38,40). The van der Waals surface area contributed by atoms with E-state index in [4.69, 9.17) is 0 Å². The number of halogens is 4. The second-order valence-corrected chi connectivity index (χ2v) is 11.1. The number of hydrogen-bond acceptors (Lipinski definition) is 3. The predicted molar refractivity (Wildman–Crippen MR) is 146 cm³/mol. The van der Waals surface area contributed by atoms with Crippen LogP contribution < -0.4 is 5.32 Å². The Morgan fingerprint density at radius 1 is 1.00 bits per heavy atom. The molecule has 0 aromatic heterocycles. The number of nitriles is 1. The summed E-state index contributed by atoms with van der Waals surface area (Å²) < 4.78 is 53.1. The zero-order valence-electron chi connectivity index (χ0n) is 22.1. The molecule has 4 nitrogen and oxygen atoms in total. The summed E-state index contributed by atoms with van der Waals surface area (Å²) in [5.74, 6) is -0.705. The number of carbonyl (C=O) groups is 1. The van der Waals surface area contributed by atoms with Crippen molar-refractivity contribution in [2.24, 2.45) is 5.92 Å². The number of anilines is 1. The first kappa shape index (κ1) is 27.9. The molecule has 1 saturated carbocycles. The van der Waals surface area contributed by atoms with Crippen molar-refractivity contribution in [2.75, 3.05) is 25.0 Å². The molecule has 0 bridgehead atoms. The maximum Gasteiger partial charge on any atom is 0.416 e. The van der Waals surface area contributed by atoms with Crippen molar-refractivity contribution in [3.63, 3.8) is 0 Å². The molecule has 40 heavy (non-hydrogen) atoms. The fourth-order valence-electron chi connectivity index (χ4n) is 5.70. The third-order valence-electron chi connectivity index (χ3n) is 8.19. The molecule has 0 atom stereocenters. The highest BCUT2D eigenvalue weighted by Gasteiger charge is 2.38. The van der Waals surface area contributed by atoms with Crippen molar-refractivity contribution in [2.45, 2.75) is 50.1 Å². The molecule has 208 valence electrons. The van der Waals surface area contributed by atoms with E-state index in [2.05, 4.69) is 28.4 Å². The molecule has 1 aliphatic carbocycles. The Labute approximate surface area is 231 Å². The second-order valence-electron chi connectivity index (χ2n) is 11.1. The minimum absolute atomic E-state index is 0.104. The molecule has 1 N–H and O–H groups in total. The smallest absolute Gasteiger partial charge is 0.326 e. The molecule has 1 amide bonds. The van der Waals surface area contributed by atoms with Crippen molar-refractivity contribution >= 4 is 11.6 Å². The molecule has 2 fully saturated rings. The van der Waals surface area contributed by atoms with E-state index < -0.39 is 23.5 Å². The quantitative estimate of drug-likeness (QED) is 0.295. The van der Waals surface area contributed by atoms with E-state index >= 15 is 0 Å². The lowest BCUT2D eigenvalue weighted by atomic mass is 9.69. The Hall–Kier alpha value is -3.70. The van der Waals surface area contributed by atoms with E-state index in [-0.39, 0.29) is 17.5 Å². The Balaban J connectivity index is 1.32. The zero-order chi connectivity index (χ0) is 28.3. The molecule has 5 rings (SSSR count). The first-order valence-electron chi connectivity index (χ1n) is 13.6. The number of benzene rings is 3. The summed E-state index contributed by atoms with van der Waals surface area (Å²) in [4.78, 5) is 15.4. The van der Waals surface area contributed by atoms with Crippen LogP contribution in [0, 0.1) is 23.1 Å². The molecular formula is C32H31F4N3O. The van der Waals surface area contributed by atoms with Gasteiger partial charge in [0.25, 0.3) is 0 Å². The zero-order valence-corrected chi connectivity index (χ0v) is 22.1. The summed E-state index contributed by atoms with van der Waals surface area (Å²) in [6.07, 6.45) is 0.233. The summed E-state index contributed by atoms with van der Waals surface area (Å²) in [6.45, 7) is 2.94. The van der Waals surface area contributed by atoms with Crippen molar-refractivity contribution in [1.82, 2.24) is 4.90 Å². The first-order chi connectivity index (χ1) is 19.1. The topological polar surface area (TPSA) is 56.1 Å². The van der Waals surface area contributed by atoms with Crippen LogP contribution >= 0.6 is 0 Å². The number of nitrogens with zero attached hydrogens (tertiary/aromatic N) is 2. The van der Waals surface area contributed by atoms with Crippen molar-refractivity contribution in [3.8, 4) is 17.2 Å². The van der Waals surface area contributed by atoms with Crippen LogP contribution in [-0.2, 0) is 16.4 Å². The average molecular weight is 550 g/mol. The number of rotatable bonds is 8. The van der Waals surface area contributed by atoms with Gasteiger partial charge in [-0.2, -0.15) is 18.4 Å². The van der Waals surface area contributed by atoms with Gasteiger partial charge in [-0.1, -0.05) is 36.4 Å². The Morgan fingerprint density at radius 2 is 1.73 bits per heavy atom. The normalized spacial score (nSPS) is 17.3. The van der Waals surface area contributed by atoms with Crippen LogP contribution in [0.3, 0.4) is 0 Å². The molecule has 0 unspecified atom stereocenters. The molecule has 1 saturated heterocycles. The molecule has 0 radical (unpaired) electrons. The highest BCUT2D eigenvalue weighted by Crippen LogP contribution is 2.42. The number of likely N-dealkylation sites (tertiary alicyclic amines) is 1. The minimum atomic E-state index is -4.71. The van der Waals surface area contributed by atoms with Crippen LogP contribution in [0.25, 0.3) is 11.1 Å². The van der Waals surface area contributed by atoms with Gasteiger partial charge in [-0.15, -0.1) is 0 Å². The molecule has 0 spiro atoms. The van der Waals surface area contributed by atoms with Gasteiger partial charge in [0.1, 0.15) is 5.82 Å². The van der Waals surface area contributed by atoms with Crippen LogP contribution in [0.4, 0.5) is 23.2 Å². The Morgan fingerprint density at radius 3 is 2.38 bits per heavy atom. The van der Waals surface area contributed by atoms with E-state index in [0.717, 1.165) is 67.2 Å². The lowest BCUT2D eigenvalue weighted by Crippen LogP contribution is -2.43. The molecule has 3 aromatic carbocycles. The largest absolute Gasteiger partial charge is 0.416 e. The highest BCUT2D eigenvalue weighted by molar-refractivity contribution is 5.90. The van der Waals surface area contributed by atoms with Crippen molar-refractivity contribution in [3.05, 3.63) is 89.2 Å². The second kappa shape index (κ2) is 11.4. The van der Waals surface area contributed by atoms with Crippen molar-refractivity contribution < 1.29 is 22.4 Å². The number of nitrogens with one attached hydrogen (secondary N) is 1. The van der Waals surface area contributed by atoms with E-state index in [1.54, 1.807) is 6.07 Å². The third-order valence-corrected chi connectivity index (χ3v) is 8.19. The average Bonchev–Trinajstić information content (AvgIpc) is 3.76. The number of amides is 1. The van der Waals surface area contributed by atoms with Gasteiger partial charge in [-0.25, -0.2) is 4.39 Å². The highest BCUT2D eigenvalue weighted by atomic mass is 19.4. The van der Waals surface area contributed by atoms with Crippen molar-refractivity contribution in [1.29, 1.82) is 5.26 Å². The van der Waals surface area contributed by atoms with Crippen LogP contribution in [-0.4, -0.2) is 30.4 Å². The van der Waals surface area contributed by atoms with Gasteiger partial charge >= 0.3 is 6.18 Å². The van der Waals surface area contributed by atoms with Crippen LogP contribution in [0.2, 0.25) is 0 Å². The van der Waals surface area contributed by atoms with E-state index in [0.29, 0.717) is 18.1 Å². The minimum Gasteiger partial charge on any atom is -0.326 e. The van der Waals surface area contributed by atoms with Crippen LogP contribution in [0.5, 0.6) is 0 Å². The molecule has 3 aromatic rings. The molecular weight excluding hydrogens is 518 g/mol. The summed E-state index contributed by atoms with van der Waals surface area (Å²) >= 11 is 0. The molecule has 8 heteroatoms. The maximum absolute atomic E-state index is 13.8. The maximum atomic E-state index is 13.8. The van der Waals surface area contributed by atoms with E-state index in [9.17, 15) is 27.6 Å². The molecule has 2 aliphatic rings. The summed E-state index contributed by atoms with van der Waals surface area (Å²) in [6, 6.07) is 19.9. The fourth-order valence-corrected chi connectivity index (χ4v) is 5.70. The number of piperidine rings is 1. The van der Waals surface area contributed by atoms with Gasteiger partial charge in [0.2, 0.25) is 5.91 Å². The SMILES string of the molecule is N#Cc1cccc(-c2ccc(C3(CCC(=O)Nc4cc(F)cc(C(F)(F)F)c4)CCN(CC4CC4)CC3)cc2)c1. The summed E-state index contributed by atoms with van der Waals surface area (Å²) in [5.41, 5.74) is 2.06. The first-order valence-corrected chi connectivity index (χ1v) is 13.6. The number of hydrogen-bond donors (Lipinski definition) is 1. The van der Waals surface area contributed by atoms with Gasteiger partial charge in [0.15, 0.2) is 0 Å². The molecule has 1 aliphatic heterocycles. The Bertz CT molecular complexity index is 1400. The van der Waals surface area contributed by atoms with Crippen LogP contribution in [0.15, 0.2) is 66.7 Å². The number of alkyl halides is 3. The van der Waals surface area contributed by atoms with E-state index in [1.807, 2.05) is 30.3 Å². The van der Waals surface area contributed by atoms with Gasteiger partial charge < -0.3 is 10.2 Å². The predicted octanol–water partition coefficient (Wildman–Crippen LogP) is 7.55.